The number of rotatable bonds is 8. The fraction of sp³-hybridized carbons (Fsp3) is 0.938. The zero-order valence-corrected chi connectivity index (χ0v) is 15.1. The highest BCUT2D eigenvalue weighted by atomic mass is 32.2. The van der Waals surface area contributed by atoms with Gasteiger partial charge in [-0.3, -0.25) is 9.69 Å². The molecule has 0 bridgehead atoms. The molecular weight excluding hydrogens is 316 g/mol. The summed E-state index contributed by atoms with van der Waals surface area (Å²) in [6.07, 6.45) is 6.85. The molecule has 0 unspecified atom stereocenters. The summed E-state index contributed by atoms with van der Waals surface area (Å²) >= 11 is 0. The molecule has 2 aliphatic rings. The van der Waals surface area contributed by atoms with Crippen LogP contribution in [-0.4, -0.2) is 55.3 Å². The van der Waals surface area contributed by atoms with Gasteiger partial charge in [-0.25, -0.2) is 13.1 Å². The van der Waals surface area contributed by atoms with Crippen molar-refractivity contribution in [3.05, 3.63) is 0 Å². The minimum absolute atomic E-state index is 0.0265. The Morgan fingerprint density at radius 1 is 1.26 bits per heavy atom. The van der Waals surface area contributed by atoms with Gasteiger partial charge >= 0.3 is 5.97 Å². The van der Waals surface area contributed by atoms with Gasteiger partial charge in [0, 0.05) is 12.1 Å². The predicted octanol–water partition coefficient (Wildman–Crippen LogP) is 1.81. The molecule has 0 atom stereocenters. The zero-order valence-electron chi connectivity index (χ0n) is 14.3. The molecule has 23 heavy (non-hydrogen) atoms. The number of hydrogen-bond acceptors (Lipinski definition) is 4. The monoisotopic (exact) mass is 346 g/mol. The number of sulfonamides is 1. The molecule has 134 valence electrons. The van der Waals surface area contributed by atoms with Crippen molar-refractivity contribution in [2.24, 2.45) is 5.41 Å². The third-order valence-electron chi connectivity index (χ3n) is 5.32. The molecule has 7 heteroatoms. The number of carboxylic acid groups (broad SMARTS) is 1. The summed E-state index contributed by atoms with van der Waals surface area (Å²) < 4.78 is 27.6. The third-order valence-corrected chi connectivity index (χ3v) is 7.09. The molecule has 0 aliphatic heterocycles. The molecule has 0 saturated heterocycles. The fourth-order valence-electron chi connectivity index (χ4n) is 3.96. The normalized spacial score (nSPS) is 27.6. The van der Waals surface area contributed by atoms with Crippen LogP contribution < -0.4 is 4.72 Å². The maximum Gasteiger partial charge on any atom is 0.317 e. The van der Waals surface area contributed by atoms with Crippen LogP contribution in [-0.2, 0) is 14.8 Å². The maximum atomic E-state index is 12.4. The van der Waals surface area contributed by atoms with Gasteiger partial charge in [-0.15, -0.1) is 0 Å². The van der Waals surface area contributed by atoms with Crippen LogP contribution in [0.2, 0.25) is 0 Å². The molecule has 0 aromatic heterocycles. The predicted molar refractivity (Wildman–Crippen MR) is 89.8 cm³/mol. The highest BCUT2D eigenvalue weighted by Crippen LogP contribution is 2.37. The Hall–Kier alpha value is -0.660. The van der Waals surface area contributed by atoms with Gasteiger partial charge in [-0.05, 0) is 37.6 Å². The molecule has 0 heterocycles. The second kappa shape index (κ2) is 7.49. The summed E-state index contributed by atoms with van der Waals surface area (Å²) in [6, 6.07) is 0.133. The Labute approximate surface area is 139 Å². The lowest BCUT2D eigenvalue weighted by Crippen LogP contribution is -2.55. The average Bonchev–Trinajstić information content (AvgIpc) is 2.39. The van der Waals surface area contributed by atoms with Gasteiger partial charge in [0.15, 0.2) is 0 Å². The summed E-state index contributed by atoms with van der Waals surface area (Å²) in [5, 5.41) is 8.89. The van der Waals surface area contributed by atoms with Crippen LogP contribution in [0.4, 0.5) is 0 Å². The van der Waals surface area contributed by atoms with E-state index in [4.69, 9.17) is 5.11 Å². The SMILES string of the molecule is CCN(CC(=O)O)C1CC(NS(=O)(=O)CC2(C)CCCCC2)C1. The summed E-state index contributed by atoms with van der Waals surface area (Å²) in [5.41, 5.74) is -0.0913. The maximum absolute atomic E-state index is 12.4. The largest absolute Gasteiger partial charge is 0.480 e. The van der Waals surface area contributed by atoms with Gasteiger partial charge in [0.25, 0.3) is 0 Å². The van der Waals surface area contributed by atoms with Crippen LogP contribution in [0, 0.1) is 5.41 Å². The van der Waals surface area contributed by atoms with Gasteiger partial charge in [-0.1, -0.05) is 33.1 Å². The van der Waals surface area contributed by atoms with Gasteiger partial charge in [0.05, 0.1) is 12.3 Å². The first-order valence-corrected chi connectivity index (χ1v) is 10.3. The number of aliphatic carboxylic acids is 1. The number of hydrogen-bond donors (Lipinski definition) is 2. The fourth-order valence-corrected chi connectivity index (χ4v) is 5.95. The molecule has 0 amide bonds. The van der Waals surface area contributed by atoms with E-state index in [1.165, 1.54) is 6.42 Å². The Balaban J connectivity index is 1.80. The van der Waals surface area contributed by atoms with Gasteiger partial charge < -0.3 is 5.11 Å². The second-order valence-corrected chi connectivity index (χ2v) is 9.28. The average molecular weight is 346 g/mol. The highest BCUT2D eigenvalue weighted by Gasteiger charge is 2.38. The van der Waals surface area contributed by atoms with Gasteiger partial charge in [0.2, 0.25) is 10.0 Å². The molecule has 2 saturated carbocycles. The standard InChI is InChI=1S/C16H30N2O4S/c1-3-18(11-15(19)20)14-9-13(10-14)17-23(21,22)12-16(2)7-5-4-6-8-16/h13-14,17H,3-12H2,1-2H3,(H,19,20). The lowest BCUT2D eigenvalue weighted by atomic mass is 9.77. The first-order chi connectivity index (χ1) is 10.7. The van der Waals surface area contributed by atoms with Gasteiger partial charge in [0.1, 0.15) is 0 Å². The minimum atomic E-state index is -3.26. The van der Waals surface area contributed by atoms with E-state index in [1.807, 2.05) is 11.8 Å². The molecule has 2 rings (SSSR count). The Bertz CT molecular complexity index is 508. The van der Waals surface area contributed by atoms with E-state index in [2.05, 4.69) is 11.6 Å². The number of nitrogens with one attached hydrogen (secondary N) is 1. The number of nitrogens with zero attached hydrogens (tertiary/aromatic N) is 1. The Kier molecular flexibility index (Phi) is 6.08. The first-order valence-electron chi connectivity index (χ1n) is 8.69. The van der Waals surface area contributed by atoms with Crippen LogP contribution >= 0.6 is 0 Å². The number of carbonyl (C=O) groups is 1. The van der Waals surface area contributed by atoms with Crippen molar-refractivity contribution in [3.8, 4) is 0 Å². The van der Waals surface area contributed by atoms with Gasteiger partial charge in [-0.2, -0.15) is 0 Å². The third kappa shape index (κ3) is 5.43. The molecule has 2 fully saturated rings. The van der Waals surface area contributed by atoms with E-state index in [0.29, 0.717) is 19.4 Å². The summed E-state index contributed by atoms with van der Waals surface area (Å²) in [5.74, 6) is -0.616. The van der Waals surface area contributed by atoms with E-state index in [1.54, 1.807) is 0 Å². The molecule has 0 aromatic rings. The van der Waals surface area contributed by atoms with Crippen molar-refractivity contribution < 1.29 is 18.3 Å². The number of likely N-dealkylation sites (N-methyl/N-ethyl adjacent to an activating group) is 1. The van der Waals surface area contributed by atoms with Crippen molar-refractivity contribution >= 4 is 16.0 Å². The van der Waals surface area contributed by atoms with Crippen molar-refractivity contribution in [3.63, 3.8) is 0 Å². The van der Waals surface area contributed by atoms with E-state index in [9.17, 15) is 13.2 Å². The topological polar surface area (TPSA) is 86.7 Å². The van der Waals surface area contributed by atoms with Crippen molar-refractivity contribution in [2.45, 2.75) is 70.9 Å². The van der Waals surface area contributed by atoms with Crippen molar-refractivity contribution in [1.29, 1.82) is 0 Å². The second-order valence-electron chi connectivity index (χ2n) is 7.53. The molecule has 0 spiro atoms. The smallest absolute Gasteiger partial charge is 0.317 e. The van der Waals surface area contributed by atoms with Crippen molar-refractivity contribution in [1.82, 2.24) is 9.62 Å². The minimum Gasteiger partial charge on any atom is -0.480 e. The van der Waals surface area contributed by atoms with Crippen LogP contribution in [0.1, 0.15) is 58.8 Å². The molecule has 0 aromatic carbocycles. The van der Waals surface area contributed by atoms with Crippen molar-refractivity contribution in [2.75, 3.05) is 18.8 Å². The summed E-state index contributed by atoms with van der Waals surface area (Å²) in [6.45, 7) is 4.72. The molecule has 6 nitrogen and oxygen atoms in total. The first kappa shape index (κ1) is 18.7. The Morgan fingerprint density at radius 2 is 1.87 bits per heavy atom. The lowest BCUT2D eigenvalue weighted by Gasteiger charge is -2.42. The quantitative estimate of drug-likeness (QED) is 0.700. The molecular formula is C16H30N2O4S. The molecule has 0 radical (unpaired) electrons. The molecule has 2 N–H and O–H groups in total. The summed E-state index contributed by atoms with van der Waals surface area (Å²) in [4.78, 5) is 12.7. The summed E-state index contributed by atoms with van der Waals surface area (Å²) in [7, 11) is -3.26. The van der Waals surface area contributed by atoms with E-state index < -0.39 is 16.0 Å². The number of carboxylic acids is 1. The van der Waals surface area contributed by atoms with E-state index in [-0.39, 0.29) is 29.8 Å². The van der Waals surface area contributed by atoms with Crippen LogP contribution in [0.25, 0.3) is 0 Å². The molecule has 2 aliphatic carbocycles. The Morgan fingerprint density at radius 3 is 2.39 bits per heavy atom. The highest BCUT2D eigenvalue weighted by molar-refractivity contribution is 7.89. The van der Waals surface area contributed by atoms with Crippen LogP contribution in [0.3, 0.4) is 0 Å². The van der Waals surface area contributed by atoms with E-state index >= 15 is 0 Å². The lowest BCUT2D eigenvalue weighted by molar-refractivity contribution is -0.139. The zero-order chi connectivity index (χ0) is 17.1. The van der Waals surface area contributed by atoms with Crippen LogP contribution in [0.15, 0.2) is 0 Å². The van der Waals surface area contributed by atoms with Crippen LogP contribution in [0.5, 0.6) is 0 Å². The van der Waals surface area contributed by atoms with E-state index in [0.717, 1.165) is 25.7 Å².